The van der Waals surface area contributed by atoms with Crippen molar-refractivity contribution in [3.8, 4) is 0 Å². The zero-order valence-corrected chi connectivity index (χ0v) is 13.4. The molecule has 0 aliphatic heterocycles. The number of nitrogens with one attached hydrogen (secondary N) is 1. The summed E-state index contributed by atoms with van der Waals surface area (Å²) in [5.41, 5.74) is 2.39. The Morgan fingerprint density at radius 3 is 2.37 bits per heavy atom. The third-order valence-corrected chi connectivity index (χ3v) is 3.64. The van der Waals surface area contributed by atoms with Crippen LogP contribution in [-0.2, 0) is 6.42 Å². The standard InChI is InChI=1S/C15H18IN3/c1-3-17-14(15-18-9-11(2)10-19-15)8-12-4-6-13(16)7-5-12/h4-7,9-10,14,17H,3,8H2,1-2H3. The number of rotatable bonds is 5. The van der Waals surface area contributed by atoms with Gasteiger partial charge >= 0.3 is 0 Å². The van der Waals surface area contributed by atoms with Crippen molar-refractivity contribution in [3.63, 3.8) is 0 Å². The van der Waals surface area contributed by atoms with Gasteiger partial charge in [0, 0.05) is 16.0 Å². The van der Waals surface area contributed by atoms with Gasteiger partial charge in [-0.05, 0) is 65.7 Å². The van der Waals surface area contributed by atoms with Gasteiger partial charge < -0.3 is 5.32 Å². The first-order valence-electron chi connectivity index (χ1n) is 6.45. The van der Waals surface area contributed by atoms with E-state index in [2.05, 4.69) is 69.1 Å². The van der Waals surface area contributed by atoms with Crippen molar-refractivity contribution < 1.29 is 0 Å². The molecule has 0 saturated heterocycles. The van der Waals surface area contributed by atoms with Crippen LogP contribution in [0.3, 0.4) is 0 Å². The van der Waals surface area contributed by atoms with Crippen LogP contribution in [0.25, 0.3) is 0 Å². The van der Waals surface area contributed by atoms with Crippen molar-refractivity contribution in [1.82, 2.24) is 15.3 Å². The SMILES string of the molecule is CCNC(Cc1ccc(I)cc1)c1ncc(C)cn1. The highest BCUT2D eigenvalue weighted by atomic mass is 127. The summed E-state index contributed by atoms with van der Waals surface area (Å²) in [5.74, 6) is 0.867. The van der Waals surface area contributed by atoms with Crippen LogP contribution in [0.15, 0.2) is 36.7 Å². The lowest BCUT2D eigenvalue weighted by Gasteiger charge is -2.16. The molecule has 1 unspecified atom stereocenters. The maximum Gasteiger partial charge on any atom is 0.145 e. The number of halogens is 1. The average Bonchev–Trinajstić information content (AvgIpc) is 2.42. The smallest absolute Gasteiger partial charge is 0.145 e. The lowest BCUT2D eigenvalue weighted by atomic mass is 10.1. The number of aromatic nitrogens is 2. The van der Waals surface area contributed by atoms with E-state index in [1.165, 1.54) is 9.13 Å². The fraction of sp³-hybridized carbons (Fsp3) is 0.333. The Kier molecular flexibility index (Phi) is 5.27. The molecule has 19 heavy (non-hydrogen) atoms. The second-order valence-corrected chi connectivity index (χ2v) is 5.81. The van der Waals surface area contributed by atoms with Gasteiger partial charge in [-0.2, -0.15) is 0 Å². The van der Waals surface area contributed by atoms with Crippen molar-refractivity contribution in [1.29, 1.82) is 0 Å². The second-order valence-electron chi connectivity index (χ2n) is 4.56. The van der Waals surface area contributed by atoms with Gasteiger partial charge in [0.1, 0.15) is 5.82 Å². The molecule has 0 aliphatic carbocycles. The highest BCUT2D eigenvalue weighted by molar-refractivity contribution is 14.1. The predicted molar refractivity (Wildman–Crippen MR) is 86.0 cm³/mol. The van der Waals surface area contributed by atoms with Crippen molar-refractivity contribution in [3.05, 3.63) is 57.2 Å². The number of nitrogens with zero attached hydrogens (tertiary/aromatic N) is 2. The molecule has 1 aromatic heterocycles. The summed E-state index contributed by atoms with van der Waals surface area (Å²) >= 11 is 2.32. The lowest BCUT2D eigenvalue weighted by Crippen LogP contribution is -2.25. The predicted octanol–water partition coefficient (Wildman–Crippen LogP) is 3.28. The number of hydrogen-bond acceptors (Lipinski definition) is 3. The van der Waals surface area contributed by atoms with Gasteiger partial charge in [0.2, 0.25) is 0 Å². The number of benzene rings is 1. The topological polar surface area (TPSA) is 37.8 Å². The summed E-state index contributed by atoms with van der Waals surface area (Å²) in [6.45, 7) is 5.02. The lowest BCUT2D eigenvalue weighted by molar-refractivity contribution is 0.521. The van der Waals surface area contributed by atoms with Crippen LogP contribution in [0.2, 0.25) is 0 Å². The zero-order valence-electron chi connectivity index (χ0n) is 11.2. The molecule has 1 atom stereocenters. The summed E-state index contributed by atoms with van der Waals surface area (Å²) in [7, 11) is 0. The molecular formula is C15H18IN3. The Labute approximate surface area is 128 Å². The van der Waals surface area contributed by atoms with Crippen LogP contribution >= 0.6 is 22.6 Å². The van der Waals surface area contributed by atoms with Crippen molar-refractivity contribution in [2.24, 2.45) is 0 Å². The molecule has 2 aromatic rings. The highest BCUT2D eigenvalue weighted by Crippen LogP contribution is 2.16. The summed E-state index contributed by atoms with van der Waals surface area (Å²) in [5, 5.41) is 3.45. The van der Waals surface area contributed by atoms with E-state index in [1.54, 1.807) is 0 Å². The van der Waals surface area contributed by atoms with Gasteiger partial charge in [0.05, 0.1) is 6.04 Å². The van der Waals surface area contributed by atoms with E-state index in [0.29, 0.717) is 0 Å². The molecular weight excluding hydrogens is 349 g/mol. The van der Waals surface area contributed by atoms with E-state index in [-0.39, 0.29) is 6.04 Å². The van der Waals surface area contributed by atoms with Gasteiger partial charge in [-0.25, -0.2) is 9.97 Å². The fourth-order valence-electron chi connectivity index (χ4n) is 1.94. The van der Waals surface area contributed by atoms with Crippen LogP contribution in [0.5, 0.6) is 0 Å². The molecule has 0 spiro atoms. The average molecular weight is 367 g/mol. The molecule has 0 bridgehead atoms. The van der Waals surface area contributed by atoms with Crippen molar-refractivity contribution in [2.75, 3.05) is 6.54 Å². The summed E-state index contributed by atoms with van der Waals surface area (Å²) in [6.07, 6.45) is 4.66. The largest absolute Gasteiger partial charge is 0.307 e. The van der Waals surface area contributed by atoms with Crippen LogP contribution in [0.1, 0.15) is 29.9 Å². The third-order valence-electron chi connectivity index (χ3n) is 2.92. The van der Waals surface area contributed by atoms with E-state index in [9.17, 15) is 0 Å². The van der Waals surface area contributed by atoms with E-state index < -0.39 is 0 Å². The zero-order chi connectivity index (χ0) is 13.7. The van der Waals surface area contributed by atoms with Gasteiger partial charge in [-0.3, -0.25) is 0 Å². The normalized spacial score (nSPS) is 12.4. The van der Waals surface area contributed by atoms with E-state index in [1.807, 2.05) is 19.3 Å². The first kappa shape index (κ1) is 14.4. The molecule has 0 fully saturated rings. The summed E-state index contributed by atoms with van der Waals surface area (Å²) in [6, 6.07) is 8.77. The minimum atomic E-state index is 0.172. The fourth-order valence-corrected chi connectivity index (χ4v) is 2.30. The molecule has 0 radical (unpaired) electrons. The number of aryl methyl sites for hydroxylation is 1. The molecule has 1 heterocycles. The second kappa shape index (κ2) is 6.96. The van der Waals surface area contributed by atoms with Crippen LogP contribution in [-0.4, -0.2) is 16.5 Å². The van der Waals surface area contributed by atoms with Crippen molar-refractivity contribution >= 4 is 22.6 Å². The molecule has 0 saturated carbocycles. The molecule has 0 aliphatic rings. The van der Waals surface area contributed by atoms with E-state index in [0.717, 1.165) is 24.4 Å². The molecule has 2 rings (SSSR count). The van der Waals surface area contributed by atoms with Gasteiger partial charge in [0.25, 0.3) is 0 Å². The Bertz CT molecular complexity index is 508. The van der Waals surface area contributed by atoms with Crippen LogP contribution in [0.4, 0.5) is 0 Å². The third kappa shape index (κ3) is 4.24. The molecule has 0 amide bonds. The van der Waals surface area contributed by atoms with E-state index in [4.69, 9.17) is 0 Å². The van der Waals surface area contributed by atoms with Gasteiger partial charge in [-0.1, -0.05) is 19.1 Å². The molecule has 100 valence electrons. The van der Waals surface area contributed by atoms with E-state index >= 15 is 0 Å². The Balaban J connectivity index is 2.15. The molecule has 3 nitrogen and oxygen atoms in total. The number of hydrogen-bond donors (Lipinski definition) is 1. The Morgan fingerprint density at radius 1 is 1.16 bits per heavy atom. The first-order chi connectivity index (χ1) is 9.19. The quantitative estimate of drug-likeness (QED) is 0.825. The minimum Gasteiger partial charge on any atom is -0.307 e. The Hall–Kier alpha value is -1.01. The van der Waals surface area contributed by atoms with Gasteiger partial charge in [0.15, 0.2) is 0 Å². The van der Waals surface area contributed by atoms with Gasteiger partial charge in [-0.15, -0.1) is 0 Å². The minimum absolute atomic E-state index is 0.172. The highest BCUT2D eigenvalue weighted by Gasteiger charge is 2.13. The molecule has 1 N–H and O–H groups in total. The summed E-state index contributed by atoms with van der Waals surface area (Å²) in [4.78, 5) is 8.87. The van der Waals surface area contributed by atoms with Crippen LogP contribution < -0.4 is 5.32 Å². The number of likely N-dealkylation sites (N-methyl/N-ethyl adjacent to an activating group) is 1. The maximum absolute atomic E-state index is 4.44. The first-order valence-corrected chi connectivity index (χ1v) is 7.53. The van der Waals surface area contributed by atoms with Crippen molar-refractivity contribution in [2.45, 2.75) is 26.3 Å². The van der Waals surface area contributed by atoms with Crippen LogP contribution in [0, 0.1) is 10.5 Å². The monoisotopic (exact) mass is 367 g/mol. The molecule has 1 aromatic carbocycles. The maximum atomic E-state index is 4.44. The molecule has 4 heteroatoms. The summed E-state index contributed by atoms with van der Waals surface area (Å²) < 4.78 is 1.26. The Morgan fingerprint density at radius 2 is 1.79 bits per heavy atom.